The van der Waals surface area contributed by atoms with Crippen molar-refractivity contribution in [3.05, 3.63) is 70.5 Å². The van der Waals surface area contributed by atoms with Gasteiger partial charge in [0.05, 0.1) is 5.02 Å². The number of benzene rings is 2. The van der Waals surface area contributed by atoms with E-state index < -0.39 is 0 Å². The number of rotatable bonds is 6. The smallest absolute Gasteiger partial charge is 0.191 e. The minimum atomic E-state index is -0.244. The Morgan fingerprint density at radius 1 is 1.12 bits per heavy atom. The molecule has 0 aliphatic rings. The zero-order valence-electron chi connectivity index (χ0n) is 14.4. The van der Waals surface area contributed by atoms with Crippen LogP contribution in [0.3, 0.4) is 0 Å². The quantitative estimate of drug-likeness (QED) is 0.556. The molecule has 6 heteroatoms. The van der Waals surface area contributed by atoms with Crippen molar-refractivity contribution < 1.29 is 4.74 Å². The van der Waals surface area contributed by atoms with E-state index in [2.05, 4.69) is 41.4 Å². The normalized spacial score (nSPS) is 12.2. The Balaban J connectivity index is 1.67. The fourth-order valence-corrected chi connectivity index (χ4v) is 3.48. The highest BCUT2D eigenvalue weighted by atomic mass is 35.5. The van der Waals surface area contributed by atoms with Gasteiger partial charge in [-0.3, -0.25) is 0 Å². The fraction of sp³-hybridized carbons (Fsp3) is 0.263. The first-order valence-electron chi connectivity index (χ1n) is 8.03. The van der Waals surface area contributed by atoms with Crippen molar-refractivity contribution in [2.75, 3.05) is 0 Å². The van der Waals surface area contributed by atoms with Gasteiger partial charge in [0.2, 0.25) is 0 Å². The van der Waals surface area contributed by atoms with Crippen LogP contribution in [0.5, 0.6) is 5.75 Å². The van der Waals surface area contributed by atoms with E-state index in [0.29, 0.717) is 10.8 Å². The van der Waals surface area contributed by atoms with Gasteiger partial charge in [-0.2, -0.15) is 0 Å². The molecular formula is C19H20ClN3OS. The lowest BCUT2D eigenvalue weighted by atomic mass is 10.2. The van der Waals surface area contributed by atoms with Crippen LogP contribution in [0.4, 0.5) is 0 Å². The molecule has 0 N–H and O–H groups in total. The Morgan fingerprint density at radius 2 is 1.84 bits per heavy atom. The van der Waals surface area contributed by atoms with Gasteiger partial charge in [0, 0.05) is 12.8 Å². The first kappa shape index (κ1) is 17.8. The Labute approximate surface area is 157 Å². The summed E-state index contributed by atoms with van der Waals surface area (Å²) in [6.07, 6.45) is -0.244. The molecule has 0 radical (unpaired) electrons. The minimum Gasteiger partial charge on any atom is -0.481 e. The molecule has 0 saturated carbocycles. The molecule has 0 aliphatic carbocycles. The summed E-state index contributed by atoms with van der Waals surface area (Å²) < 4.78 is 7.91. The van der Waals surface area contributed by atoms with Gasteiger partial charge in [-0.25, -0.2) is 0 Å². The molecule has 1 heterocycles. The largest absolute Gasteiger partial charge is 0.481 e. The number of hydrogen-bond donors (Lipinski definition) is 0. The van der Waals surface area contributed by atoms with Gasteiger partial charge in [-0.1, -0.05) is 65.3 Å². The zero-order valence-corrected chi connectivity index (χ0v) is 16.0. The van der Waals surface area contributed by atoms with Crippen LogP contribution in [-0.2, 0) is 12.8 Å². The molecule has 0 bridgehead atoms. The van der Waals surface area contributed by atoms with Crippen LogP contribution < -0.4 is 4.74 Å². The third-order valence-corrected chi connectivity index (χ3v) is 5.26. The first-order chi connectivity index (χ1) is 12.0. The lowest BCUT2D eigenvalue weighted by Gasteiger charge is -2.15. The monoisotopic (exact) mass is 373 g/mol. The van der Waals surface area contributed by atoms with Gasteiger partial charge in [-0.05, 0) is 31.5 Å². The van der Waals surface area contributed by atoms with Gasteiger partial charge < -0.3 is 9.30 Å². The van der Waals surface area contributed by atoms with Crippen LogP contribution in [-0.4, -0.2) is 14.8 Å². The molecule has 130 valence electrons. The Hall–Kier alpha value is -1.98. The first-order valence-corrected chi connectivity index (χ1v) is 9.40. The van der Waals surface area contributed by atoms with Gasteiger partial charge >= 0.3 is 0 Å². The van der Waals surface area contributed by atoms with E-state index in [1.165, 1.54) is 11.1 Å². The van der Waals surface area contributed by atoms with E-state index in [9.17, 15) is 0 Å². The molecule has 1 atom stereocenters. The Morgan fingerprint density at radius 3 is 2.56 bits per heavy atom. The van der Waals surface area contributed by atoms with Crippen LogP contribution in [0.25, 0.3) is 0 Å². The highest BCUT2D eigenvalue weighted by Gasteiger charge is 2.18. The Bertz CT molecular complexity index is 848. The van der Waals surface area contributed by atoms with Crippen molar-refractivity contribution in [3.63, 3.8) is 0 Å². The lowest BCUT2D eigenvalue weighted by molar-refractivity contribution is 0.211. The summed E-state index contributed by atoms with van der Waals surface area (Å²) in [4.78, 5) is 0. The molecule has 0 amide bonds. The van der Waals surface area contributed by atoms with Gasteiger partial charge in [0.25, 0.3) is 0 Å². The number of aromatic nitrogens is 3. The van der Waals surface area contributed by atoms with Crippen LogP contribution in [0.1, 0.15) is 30.0 Å². The molecule has 0 spiro atoms. The minimum absolute atomic E-state index is 0.244. The topological polar surface area (TPSA) is 39.9 Å². The number of nitrogens with zero attached hydrogens (tertiary/aromatic N) is 3. The predicted octanol–water partition coefficient (Wildman–Crippen LogP) is 5.21. The second-order valence-electron chi connectivity index (χ2n) is 5.86. The standard InChI is InChI=1S/C19H20ClN3OS/c1-13-8-10-15(11-9-13)12-25-19-22-21-18(23(19)3)14(2)24-17-7-5-4-6-16(17)20/h4-11,14H,12H2,1-3H3. The number of para-hydroxylation sites is 1. The maximum Gasteiger partial charge on any atom is 0.191 e. The number of hydrogen-bond acceptors (Lipinski definition) is 4. The summed E-state index contributed by atoms with van der Waals surface area (Å²) >= 11 is 7.82. The average Bonchev–Trinajstić information content (AvgIpc) is 2.97. The van der Waals surface area contributed by atoms with Crippen molar-refractivity contribution >= 4 is 23.4 Å². The molecule has 3 aromatic rings. The molecule has 3 rings (SSSR count). The fourth-order valence-electron chi connectivity index (χ4n) is 2.42. The highest BCUT2D eigenvalue weighted by molar-refractivity contribution is 7.98. The molecule has 2 aromatic carbocycles. The molecular weight excluding hydrogens is 354 g/mol. The number of thioether (sulfide) groups is 1. The van der Waals surface area contributed by atoms with Crippen molar-refractivity contribution in [2.45, 2.75) is 30.9 Å². The summed E-state index contributed by atoms with van der Waals surface area (Å²) in [5.41, 5.74) is 2.53. The number of halogens is 1. The van der Waals surface area contributed by atoms with Gasteiger partial charge in [0.15, 0.2) is 17.1 Å². The van der Waals surface area contributed by atoms with Crippen LogP contribution in [0, 0.1) is 6.92 Å². The second kappa shape index (κ2) is 7.93. The van der Waals surface area contributed by atoms with Gasteiger partial charge in [0.1, 0.15) is 5.75 Å². The third kappa shape index (κ3) is 4.35. The summed E-state index contributed by atoms with van der Waals surface area (Å²) in [6, 6.07) is 16.0. The lowest BCUT2D eigenvalue weighted by Crippen LogP contribution is -2.10. The average molecular weight is 374 g/mol. The maximum absolute atomic E-state index is 6.16. The Kier molecular flexibility index (Phi) is 5.66. The molecule has 25 heavy (non-hydrogen) atoms. The maximum atomic E-state index is 6.16. The van der Waals surface area contributed by atoms with E-state index in [1.807, 2.05) is 42.8 Å². The number of ether oxygens (including phenoxy) is 1. The van der Waals surface area contributed by atoms with Crippen LogP contribution >= 0.6 is 23.4 Å². The highest BCUT2D eigenvalue weighted by Crippen LogP contribution is 2.29. The van der Waals surface area contributed by atoms with E-state index in [1.54, 1.807) is 11.8 Å². The van der Waals surface area contributed by atoms with Crippen molar-refractivity contribution in [1.82, 2.24) is 14.8 Å². The van der Waals surface area contributed by atoms with E-state index in [4.69, 9.17) is 16.3 Å². The SMILES string of the molecule is Cc1ccc(CSc2nnc(C(C)Oc3ccccc3Cl)n2C)cc1. The summed E-state index contributed by atoms with van der Waals surface area (Å²) in [5, 5.41) is 10.0. The van der Waals surface area contributed by atoms with Gasteiger partial charge in [-0.15, -0.1) is 10.2 Å². The van der Waals surface area contributed by atoms with Crippen LogP contribution in [0.2, 0.25) is 5.02 Å². The summed E-state index contributed by atoms with van der Waals surface area (Å²) in [5.74, 6) is 2.27. The van der Waals surface area contributed by atoms with Crippen molar-refractivity contribution in [1.29, 1.82) is 0 Å². The van der Waals surface area contributed by atoms with Crippen molar-refractivity contribution in [2.24, 2.45) is 7.05 Å². The van der Waals surface area contributed by atoms with Crippen LogP contribution in [0.15, 0.2) is 53.7 Å². The molecule has 4 nitrogen and oxygen atoms in total. The third-order valence-electron chi connectivity index (χ3n) is 3.86. The molecule has 0 fully saturated rings. The van der Waals surface area contributed by atoms with E-state index in [0.717, 1.165) is 16.7 Å². The predicted molar refractivity (Wildman–Crippen MR) is 102 cm³/mol. The summed E-state index contributed by atoms with van der Waals surface area (Å²) in [7, 11) is 1.96. The van der Waals surface area contributed by atoms with E-state index in [-0.39, 0.29) is 6.10 Å². The van der Waals surface area contributed by atoms with E-state index >= 15 is 0 Å². The zero-order chi connectivity index (χ0) is 17.8. The number of aryl methyl sites for hydroxylation is 1. The molecule has 1 aromatic heterocycles. The molecule has 0 saturated heterocycles. The molecule has 0 aliphatic heterocycles. The summed E-state index contributed by atoms with van der Waals surface area (Å²) in [6.45, 7) is 4.04. The van der Waals surface area contributed by atoms with Crippen molar-refractivity contribution in [3.8, 4) is 5.75 Å². The molecule has 1 unspecified atom stereocenters. The second-order valence-corrected chi connectivity index (χ2v) is 7.21.